The Morgan fingerprint density at radius 2 is 1.64 bits per heavy atom. The topological polar surface area (TPSA) is 93.7 Å². The predicted molar refractivity (Wildman–Crippen MR) is 130 cm³/mol. The first kappa shape index (κ1) is 24.3. The Hall–Kier alpha value is -3.36. The van der Waals surface area contributed by atoms with Crippen LogP contribution in [0.25, 0.3) is 0 Å². The van der Waals surface area contributed by atoms with Gasteiger partial charge in [0.25, 0.3) is 11.8 Å². The van der Waals surface area contributed by atoms with Gasteiger partial charge in [-0.3, -0.25) is 9.59 Å². The molecule has 0 saturated carbocycles. The van der Waals surface area contributed by atoms with Gasteiger partial charge in [0.1, 0.15) is 10.8 Å². The van der Waals surface area contributed by atoms with E-state index in [1.807, 2.05) is 6.92 Å². The highest BCUT2D eigenvalue weighted by Crippen LogP contribution is 2.35. The first-order chi connectivity index (χ1) is 15.9. The number of anilines is 2. The molecule has 0 atom stereocenters. The Kier molecular flexibility index (Phi) is 8.08. The summed E-state index contributed by atoms with van der Waals surface area (Å²) < 4.78 is 10.7. The fraction of sp³-hybridized carbons (Fsp3) is 0.208. The van der Waals surface area contributed by atoms with Crippen LogP contribution in [0.15, 0.2) is 48.5 Å². The number of benzene rings is 2. The van der Waals surface area contributed by atoms with Gasteiger partial charge in [-0.05, 0) is 50.6 Å². The summed E-state index contributed by atoms with van der Waals surface area (Å²) in [5.74, 6) is -1.04. The van der Waals surface area contributed by atoms with E-state index in [1.54, 1.807) is 62.4 Å². The number of halogens is 1. The average molecular weight is 487 g/mol. The quantitative estimate of drug-likeness (QED) is 0.393. The first-order valence-electron chi connectivity index (χ1n) is 10.3. The maximum atomic E-state index is 13.1. The largest absolute Gasteiger partial charge is 0.492 e. The molecule has 0 aliphatic carbocycles. The number of hydrogen-bond donors (Lipinski definition) is 2. The summed E-state index contributed by atoms with van der Waals surface area (Å²) in [5, 5.41) is 6.00. The molecule has 0 bridgehead atoms. The molecular weight excluding hydrogens is 464 g/mol. The Morgan fingerprint density at radius 3 is 2.33 bits per heavy atom. The molecular formula is C24H23ClN2O5S. The highest BCUT2D eigenvalue weighted by molar-refractivity contribution is 7.19. The molecule has 2 amide bonds. The lowest BCUT2D eigenvalue weighted by Gasteiger charge is -2.11. The van der Waals surface area contributed by atoms with Crippen LogP contribution in [-0.4, -0.2) is 31.0 Å². The zero-order valence-electron chi connectivity index (χ0n) is 18.4. The number of esters is 1. The lowest BCUT2D eigenvalue weighted by Crippen LogP contribution is -2.15. The van der Waals surface area contributed by atoms with Crippen LogP contribution >= 0.6 is 22.9 Å². The summed E-state index contributed by atoms with van der Waals surface area (Å²) in [6, 6.07) is 13.6. The number of para-hydroxylation sites is 2. The van der Waals surface area contributed by atoms with E-state index in [4.69, 9.17) is 21.1 Å². The number of thiophene rings is 1. The van der Waals surface area contributed by atoms with Crippen molar-refractivity contribution in [2.45, 2.75) is 20.8 Å². The molecule has 0 fully saturated rings. The van der Waals surface area contributed by atoms with Gasteiger partial charge in [0.15, 0.2) is 0 Å². The van der Waals surface area contributed by atoms with Crippen molar-refractivity contribution in [2.75, 3.05) is 23.8 Å². The fourth-order valence-corrected chi connectivity index (χ4v) is 4.42. The smallest absolute Gasteiger partial charge is 0.341 e. The predicted octanol–water partition coefficient (Wildman–Crippen LogP) is 5.79. The van der Waals surface area contributed by atoms with E-state index in [2.05, 4.69) is 10.6 Å². The Balaban J connectivity index is 1.96. The fourth-order valence-electron chi connectivity index (χ4n) is 3.11. The van der Waals surface area contributed by atoms with Crippen LogP contribution in [0.2, 0.25) is 5.02 Å². The molecule has 172 valence electrons. The van der Waals surface area contributed by atoms with Crippen LogP contribution in [0.1, 0.15) is 49.8 Å². The van der Waals surface area contributed by atoms with Crippen molar-refractivity contribution in [2.24, 2.45) is 0 Å². The molecule has 9 heteroatoms. The first-order valence-corrected chi connectivity index (χ1v) is 11.5. The van der Waals surface area contributed by atoms with E-state index in [9.17, 15) is 14.4 Å². The second-order valence-electron chi connectivity index (χ2n) is 6.80. The normalized spacial score (nSPS) is 10.4. The summed E-state index contributed by atoms with van der Waals surface area (Å²) in [6.07, 6.45) is 0. The van der Waals surface area contributed by atoms with Gasteiger partial charge in [0.05, 0.1) is 39.9 Å². The number of carbonyl (C=O) groups excluding carboxylic acids is 3. The molecule has 3 aromatic rings. The molecule has 0 aliphatic rings. The van der Waals surface area contributed by atoms with Crippen molar-refractivity contribution in [1.82, 2.24) is 0 Å². The molecule has 0 spiro atoms. The van der Waals surface area contributed by atoms with E-state index in [1.165, 1.54) is 0 Å². The molecule has 2 N–H and O–H groups in total. The van der Waals surface area contributed by atoms with Gasteiger partial charge in [0.2, 0.25) is 0 Å². The number of carbonyl (C=O) groups is 3. The molecule has 1 aromatic heterocycles. The van der Waals surface area contributed by atoms with Crippen molar-refractivity contribution in [3.05, 3.63) is 75.1 Å². The van der Waals surface area contributed by atoms with Crippen LogP contribution in [0.3, 0.4) is 0 Å². The summed E-state index contributed by atoms with van der Waals surface area (Å²) in [7, 11) is 0. The molecule has 7 nitrogen and oxygen atoms in total. The Bertz CT molecular complexity index is 1190. The lowest BCUT2D eigenvalue weighted by molar-refractivity contribution is 0.0527. The van der Waals surface area contributed by atoms with Crippen molar-refractivity contribution in [3.63, 3.8) is 0 Å². The van der Waals surface area contributed by atoms with Crippen LogP contribution < -0.4 is 15.4 Å². The third-order valence-electron chi connectivity index (χ3n) is 4.61. The summed E-state index contributed by atoms with van der Waals surface area (Å²) in [4.78, 5) is 38.8. The highest BCUT2D eigenvalue weighted by Gasteiger charge is 2.27. The minimum Gasteiger partial charge on any atom is -0.492 e. The minimum absolute atomic E-state index is 0.130. The van der Waals surface area contributed by atoms with E-state index < -0.39 is 17.8 Å². The monoisotopic (exact) mass is 486 g/mol. The minimum atomic E-state index is -0.630. The van der Waals surface area contributed by atoms with Gasteiger partial charge in [-0.15, -0.1) is 11.3 Å². The standard InChI is InChI=1S/C24H23ClN2O5S/c1-4-31-18-13-9-8-12-17(18)26-22(29)20-14(3)19(24(30)32-5-2)23(33-20)27-21(28)15-10-6-7-11-16(15)25/h6-13H,4-5H2,1-3H3,(H,26,29)(H,27,28). The number of amides is 2. The summed E-state index contributed by atoms with van der Waals surface area (Å²) in [5.41, 5.74) is 1.28. The van der Waals surface area contributed by atoms with Gasteiger partial charge in [-0.1, -0.05) is 35.9 Å². The second-order valence-corrected chi connectivity index (χ2v) is 8.23. The molecule has 0 saturated heterocycles. The van der Waals surface area contributed by atoms with Crippen molar-refractivity contribution in [3.8, 4) is 5.75 Å². The third kappa shape index (κ3) is 5.53. The Labute approximate surface area is 200 Å². The molecule has 2 aromatic carbocycles. The zero-order valence-corrected chi connectivity index (χ0v) is 19.9. The van der Waals surface area contributed by atoms with Gasteiger partial charge in [-0.2, -0.15) is 0 Å². The van der Waals surface area contributed by atoms with Crippen LogP contribution in [0.5, 0.6) is 5.75 Å². The van der Waals surface area contributed by atoms with Crippen molar-refractivity contribution < 1.29 is 23.9 Å². The SMILES string of the molecule is CCOC(=O)c1c(NC(=O)c2ccccc2Cl)sc(C(=O)Nc2ccccc2OCC)c1C. The number of rotatable bonds is 8. The zero-order chi connectivity index (χ0) is 24.0. The molecule has 33 heavy (non-hydrogen) atoms. The van der Waals surface area contributed by atoms with Crippen LogP contribution in [-0.2, 0) is 4.74 Å². The highest BCUT2D eigenvalue weighted by atomic mass is 35.5. The summed E-state index contributed by atoms with van der Waals surface area (Å²) in [6.45, 7) is 5.75. The average Bonchev–Trinajstić information content (AvgIpc) is 3.11. The Morgan fingerprint density at radius 1 is 0.939 bits per heavy atom. The van der Waals surface area contributed by atoms with Crippen LogP contribution in [0.4, 0.5) is 10.7 Å². The van der Waals surface area contributed by atoms with E-state index in [0.29, 0.717) is 23.6 Å². The van der Waals surface area contributed by atoms with Gasteiger partial charge >= 0.3 is 5.97 Å². The summed E-state index contributed by atoms with van der Waals surface area (Å²) >= 11 is 7.12. The maximum absolute atomic E-state index is 13.1. The van der Waals surface area contributed by atoms with Crippen molar-refractivity contribution in [1.29, 1.82) is 0 Å². The van der Waals surface area contributed by atoms with Crippen molar-refractivity contribution >= 4 is 51.4 Å². The number of nitrogens with one attached hydrogen (secondary N) is 2. The van der Waals surface area contributed by atoms with E-state index in [0.717, 1.165) is 11.3 Å². The molecule has 0 unspecified atom stereocenters. The number of ether oxygens (including phenoxy) is 2. The van der Waals surface area contributed by atoms with Gasteiger partial charge in [-0.25, -0.2) is 4.79 Å². The third-order valence-corrected chi connectivity index (χ3v) is 6.15. The second kappa shape index (κ2) is 11.0. The van der Waals surface area contributed by atoms with Crippen LogP contribution in [0, 0.1) is 6.92 Å². The van der Waals surface area contributed by atoms with Gasteiger partial charge < -0.3 is 20.1 Å². The van der Waals surface area contributed by atoms with E-state index >= 15 is 0 Å². The molecule has 1 heterocycles. The maximum Gasteiger partial charge on any atom is 0.341 e. The molecule has 0 radical (unpaired) electrons. The van der Waals surface area contributed by atoms with Gasteiger partial charge in [0, 0.05) is 0 Å². The molecule has 0 aliphatic heterocycles. The molecule has 3 rings (SSSR count). The number of hydrogen-bond acceptors (Lipinski definition) is 6. The lowest BCUT2D eigenvalue weighted by atomic mass is 10.1. The van der Waals surface area contributed by atoms with E-state index in [-0.39, 0.29) is 32.6 Å².